The first-order valence-electron chi connectivity index (χ1n) is 6.92. The van der Waals surface area contributed by atoms with E-state index < -0.39 is 0 Å². The van der Waals surface area contributed by atoms with Gasteiger partial charge in [0.05, 0.1) is 12.1 Å². The van der Waals surface area contributed by atoms with Gasteiger partial charge in [-0.25, -0.2) is 0 Å². The van der Waals surface area contributed by atoms with Crippen molar-refractivity contribution in [2.75, 3.05) is 5.01 Å². The zero-order valence-corrected chi connectivity index (χ0v) is 11.8. The Balaban J connectivity index is 2.08. The van der Waals surface area contributed by atoms with Crippen LogP contribution < -0.4 is 10.3 Å². The molecule has 0 aromatic heterocycles. The minimum absolute atomic E-state index is 0.0291. The van der Waals surface area contributed by atoms with Gasteiger partial charge in [0.1, 0.15) is 5.84 Å². The molecule has 1 aliphatic rings. The molecule has 0 saturated heterocycles. The number of benzene rings is 1. The van der Waals surface area contributed by atoms with Gasteiger partial charge in [0.15, 0.2) is 0 Å². The maximum atomic E-state index is 12.0. The van der Waals surface area contributed by atoms with Crippen molar-refractivity contribution in [3.8, 4) is 0 Å². The average molecular weight is 273 g/mol. The molecule has 2 rings (SSSR count). The van der Waals surface area contributed by atoms with Crippen LogP contribution in [0.15, 0.2) is 35.4 Å². The molecule has 1 aromatic carbocycles. The van der Waals surface area contributed by atoms with Gasteiger partial charge in [0.25, 0.3) is 5.91 Å². The van der Waals surface area contributed by atoms with E-state index in [1.54, 1.807) is 0 Å². The number of hydrogen-bond acceptors (Lipinski definition) is 3. The summed E-state index contributed by atoms with van der Waals surface area (Å²) >= 11 is 0. The van der Waals surface area contributed by atoms with Gasteiger partial charge in [-0.05, 0) is 25.0 Å². The van der Waals surface area contributed by atoms with Crippen LogP contribution in [0.1, 0.15) is 33.1 Å². The summed E-state index contributed by atoms with van der Waals surface area (Å²) in [5.41, 5.74) is 0.712. The van der Waals surface area contributed by atoms with E-state index in [1.807, 2.05) is 44.2 Å². The zero-order chi connectivity index (χ0) is 14.5. The van der Waals surface area contributed by atoms with Gasteiger partial charge in [-0.3, -0.25) is 9.59 Å². The molecule has 0 unspecified atom stereocenters. The van der Waals surface area contributed by atoms with E-state index in [2.05, 4.69) is 10.4 Å². The van der Waals surface area contributed by atoms with E-state index >= 15 is 0 Å². The van der Waals surface area contributed by atoms with Crippen molar-refractivity contribution in [2.24, 2.45) is 11.0 Å². The standard InChI is InChI=1S/C15H19N3O2/c1-3-11(4-2)15(20)16-13-10-14(19)18(17-13)12-8-6-5-7-9-12/h5-9,11H,3-4,10H2,1-2H3,(H,16,17,20). The van der Waals surface area contributed by atoms with E-state index in [0.29, 0.717) is 11.5 Å². The molecule has 1 N–H and O–H groups in total. The Morgan fingerprint density at radius 1 is 1.30 bits per heavy atom. The topological polar surface area (TPSA) is 61.8 Å². The third-order valence-electron chi connectivity index (χ3n) is 3.40. The summed E-state index contributed by atoms with van der Waals surface area (Å²) < 4.78 is 0. The Kier molecular flexibility index (Phi) is 4.50. The van der Waals surface area contributed by atoms with Crippen LogP contribution in [0.2, 0.25) is 0 Å². The van der Waals surface area contributed by atoms with Crippen molar-refractivity contribution in [1.29, 1.82) is 0 Å². The minimum Gasteiger partial charge on any atom is -0.312 e. The molecule has 5 heteroatoms. The fraction of sp³-hybridized carbons (Fsp3) is 0.400. The number of carbonyl (C=O) groups excluding carboxylic acids is 2. The van der Waals surface area contributed by atoms with Crippen LogP contribution in [0.5, 0.6) is 0 Å². The van der Waals surface area contributed by atoms with Gasteiger partial charge in [-0.15, -0.1) is 0 Å². The molecule has 0 spiro atoms. The Labute approximate surface area is 118 Å². The van der Waals surface area contributed by atoms with E-state index in [1.165, 1.54) is 5.01 Å². The van der Waals surface area contributed by atoms with Crippen LogP contribution in [0.3, 0.4) is 0 Å². The Morgan fingerprint density at radius 3 is 2.55 bits per heavy atom. The lowest BCUT2D eigenvalue weighted by Gasteiger charge is -2.12. The minimum atomic E-state index is -0.129. The van der Waals surface area contributed by atoms with Crippen molar-refractivity contribution >= 4 is 23.3 Å². The number of amidine groups is 1. The second-order valence-electron chi connectivity index (χ2n) is 4.77. The molecule has 106 valence electrons. The molecular formula is C15H19N3O2. The summed E-state index contributed by atoms with van der Waals surface area (Å²) in [4.78, 5) is 23.9. The van der Waals surface area contributed by atoms with E-state index in [9.17, 15) is 9.59 Å². The molecular weight excluding hydrogens is 254 g/mol. The first-order valence-corrected chi connectivity index (χ1v) is 6.92. The SMILES string of the molecule is CCC(CC)C(=O)NC1=NN(c2ccccc2)C(=O)C1. The normalized spacial score (nSPS) is 14.7. The van der Waals surface area contributed by atoms with Crippen LogP contribution >= 0.6 is 0 Å². The second kappa shape index (κ2) is 6.32. The monoisotopic (exact) mass is 273 g/mol. The number of nitrogens with one attached hydrogen (secondary N) is 1. The number of hydrazone groups is 1. The molecule has 0 atom stereocenters. The predicted molar refractivity (Wildman–Crippen MR) is 78.2 cm³/mol. The van der Waals surface area contributed by atoms with Crippen LogP contribution in [-0.2, 0) is 9.59 Å². The summed E-state index contributed by atoms with van der Waals surface area (Å²) in [6.07, 6.45) is 1.71. The highest BCUT2D eigenvalue weighted by Gasteiger charge is 2.27. The highest BCUT2D eigenvalue weighted by Crippen LogP contribution is 2.19. The maximum absolute atomic E-state index is 12.0. The third kappa shape index (κ3) is 3.04. The Bertz CT molecular complexity index is 521. The third-order valence-corrected chi connectivity index (χ3v) is 3.40. The number of hydrogen-bond donors (Lipinski definition) is 1. The summed E-state index contributed by atoms with van der Waals surface area (Å²) in [5, 5.41) is 8.29. The first-order chi connectivity index (χ1) is 9.65. The number of rotatable bonds is 4. The number of carbonyl (C=O) groups is 2. The predicted octanol–water partition coefficient (Wildman–Crippen LogP) is 2.29. The fourth-order valence-electron chi connectivity index (χ4n) is 2.17. The summed E-state index contributed by atoms with van der Waals surface area (Å²) in [6.45, 7) is 3.96. The smallest absolute Gasteiger partial charge is 0.255 e. The molecule has 0 fully saturated rings. The van der Waals surface area contributed by atoms with Crippen molar-refractivity contribution < 1.29 is 9.59 Å². The molecule has 5 nitrogen and oxygen atoms in total. The summed E-state index contributed by atoms with van der Waals surface area (Å²) in [6, 6.07) is 9.20. The molecule has 2 amide bonds. The molecule has 1 aromatic rings. The molecule has 1 heterocycles. The van der Waals surface area contributed by atoms with Gasteiger partial charge in [-0.1, -0.05) is 32.0 Å². The maximum Gasteiger partial charge on any atom is 0.255 e. The molecule has 0 radical (unpaired) electrons. The quantitative estimate of drug-likeness (QED) is 0.915. The fourth-order valence-corrected chi connectivity index (χ4v) is 2.17. The Morgan fingerprint density at radius 2 is 1.95 bits per heavy atom. The van der Waals surface area contributed by atoms with Crippen molar-refractivity contribution in [1.82, 2.24) is 5.32 Å². The lowest BCUT2D eigenvalue weighted by Crippen LogP contribution is -2.34. The Hall–Kier alpha value is -2.17. The lowest BCUT2D eigenvalue weighted by molar-refractivity contribution is -0.123. The van der Waals surface area contributed by atoms with Crippen LogP contribution in [-0.4, -0.2) is 17.6 Å². The second-order valence-corrected chi connectivity index (χ2v) is 4.77. The number of para-hydroxylation sites is 1. The highest BCUT2D eigenvalue weighted by molar-refractivity contribution is 6.15. The summed E-state index contributed by atoms with van der Waals surface area (Å²) in [7, 11) is 0. The van der Waals surface area contributed by atoms with Crippen molar-refractivity contribution in [3.63, 3.8) is 0 Å². The largest absolute Gasteiger partial charge is 0.312 e. The van der Waals surface area contributed by atoms with Crippen molar-refractivity contribution in [3.05, 3.63) is 30.3 Å². The van der Waals surface area contributed by atoms with Crippen LogP contribution in [0.4, 0.5) is 5.69 Å². The molecule has 0 saturated carbocycles. The van der Waals surface area contributed by atoms with Gasteiger partial charge in [0.2, 0.25) is 5.91 Å². The zero-order valence-electron chi connectivity index (χ0n) is 11.8. The van der Waals surface area contributed by atoms with E-state index in [0.717, 1.165) is 12.8 Å². The summed E-state index contributed by atoms with van der Waals surface area (Å²) in [5.74, 6) is 0.210. The van der Waals surface area contributed by atoms with E-state index in [-0.39, 0.29) is 24.2 Å². The van der Waals surface area contributed by atoms with Crippen LogP contribution in [0, 0.1) is 5.92 Å². The van der Waals surface area contributed by atoms with Crippen LogP contribution in [0.25, 0.3) is 0 Å². The van der Waals surface area contributed by atoms with Gasteiger partial charge >= 0.3 is 0 Å². The molecule has 20 heavy (non-hydrogen) atoms. The van der Waals surface area contributed by atoms with Gasteiger partial charge < -0.3 is 5.32 Å². The van der Waals surface area contributed by atoms with E-state index in [4.69, 9.17) is 0 Å². The highest BCUT2D eigenvalue weighted by atomic mass is 16.2. The average Bonchev–Trinajstić information content (AvgIpc) is 2.82. The number of anilines is 1. The van der Waals surface area contributed by atoms with Crippen molar-refractivity contribution in [2.45, 2.75) is 33.1 Å². The number of amides is 2. The van der Waals surface area contributed by atoms with Gasteiger partial charge in [-0.2, -0.15) is 10.1 Å². The first kappa shape index (κ1) is 14.2. The number of nitrogens with zero attached hydrogens (tertiary/aromatic N) is 2. The molecule has 1 aliphatic heterocycles. The van der Waals surface area contributed by atoms with Gasteiger partial charge in [0, 0.05) is 5.92 Å². The molecule has 0 bridgehead atoms. The molecule has 0 aliphatic carbocycles. The lowest BCUT2D eigenvalue weighted by atomic mass is 10.0.